The van der Waals surface area contributed by atoms with Crippen molar-refractivity contribution in [1.29, 1.82) is 0 Å². The van der Waals surface area contributed by atoms with Crippen molar-refractivity contribution in [2.75, 3.05) is 11.9 Å². The van der Waals surface area contributed by atoms with Gasteiger partial charge >= 0.3 is 0 Å². The van der Waals surface area contributed by atoms with Gasteiger partial charge in [0.2, 0.25) is 0 Å². The molecule has 0 radical (unpaired) electrons. The summed E-state index contributed by atoms with van der Waals surface area (Å²) in [4.78, 5) is 1.20. The number of hydrogen-bond acceptors (Lipinski definition) is 3. The van der Waals surface area contributed by atoms with Crippen LogP contribution < -0.4 is 10.1 Å². The van der Waals surface area contributed by atoms with E-state index in [0.29, 0.717) is 18.9 Å². The first-order valence-corrected chi connectivity index (χ1v) is 7.20. The minimum absolute atomic E-state index is 0.289. The Balaban J connectivity index is 2.08. The van der Waals surface area contributed by atoms with Gasteiger partial charge in [-0.2, -0.15) is 0 Å². The molecular formula is C13H13BrFNOS. The van der Waals surface area contributed by atoms with Crippen LogP contribution in [0.2, 0.25) is 0 Å². The Hall–Kier alpha value is -1.07. The zero-order valence-electron chi connectivity index (χ0n) is 9.87. The minimum Gasteiger partial charge on any atom is -0.492 e. The molecule has 0 bridgehead atoms. The number of nitrogens with one attached hydrogen (secondary N) is 1. The molecular weight excluding hydrogens is 317 g/mol. The van der Waals surface area contributed by atoms with Crippen LogP contribution in [0.25, 0.3) is 0 Å². The Bertz CT molecular complexity index is 529. The first kappa shape index (κ1) is 13.4. The van der Waals surface area contributed by atoms with E-state index in [4.69, 9.17) is 4.74 Å². The van der Waals surface area contributed by atoms with Crippen LogP contribution in [0.1, 0.15) is 11.8 Å². The zero-order valence-corrected chi connectivity index (χ0v) is 12.3. The van der Waals surface area contributed by atoms with Crippen LogP contribution in [0.4, 0.5) is 10.1 Å². The van der Waals surface area contributed by atoms with E-state index >= 15 is 0 Å². The van der Waals surface area contributed by atoms with Crippen molar-refractivity contribution >= 4 is 33.0 Å². The summed E-state index contributed by atoms with van der Waals surface area (Å²) in [7, 11) is 0. The SMILES string of the molecule is CCOc1cc(F)ccc1NCc1ccc(Br)s1. The van der Waals surface area contributed by atoms with E-state index in [1.807, 2.05) is 19.1 Å². The molecule has 1 aromatic heterocycles. The van der Waals surface area contributed by atoms with Gasteiger partial charge in [-0.1, -0.05) is 0 Å². The van der Waals surface area contributed by atoms with Gasteiger partial charge in [-0.15, -0.1) is 11.3 Å². The molecule has 0 aliphatic heterocycles. The molecule has 0 amide bonds. The molecule has 0 atom stereocenters. The summed E-state index contributed by atoms with van der Waals surface area (Å²) in [6.07, 6.45) is 0. The predicted octanol–water partition coefficient (Wildman–Crippen LogP) is 4.66. The molecule has 0 spiro atoms. The molecule has 2 rings (SSSR count). The highest BCUT2D eigenvalue weighted by Crippen LogP contribution is 2.27. The lowest BCUT2D eigenvalue weighted by Gasteiger charge is -2.11. The molecule has 18 heavy (non-hydrogen) atoms. The first-order valence-electron chi connectivity index (χ1n) is 5.59. The lowest BCUT2D eigenvalue weighted by molar-refractivity contribution is 0.340. The Morgan fingerprint density at radius 1 is 1.33 bits per heavy atom. The fourth-order valence-electron chi connectivity index (χ4n) is 1.55. The standard InChI is InChI=1S/C13H13BrFNOS/c1-2-17-12-7-9(15)3-5-11(12)16-8-10-4-6-13(14)18-10/h3-7,16H,2,8H2,1H3. The number of ether oxygens (including phenoxy) is 1. The Labute approximate surface area is 118 Å². The summed E-state index contributed by atoms with van der Waals surface area (Å²) in [5.41, 5.74) is 0.808. The number of thiophene rings is 1. The molecule has 2 nitrogen and oxygen atoms in total. The highest BCUT2D eigenvalue weighted by molar-refractivity contribution is 9.11. The van der Waals surface area contributed by atoms with Crippen molar-refractivity contribution in [2.24, 2.45) is 0 Å². The van der Waals surface area contributed by atoms with Crippen LogP contribution in [-0.4, -0.2) is 6.61 Å². The van der Waals surface area contributed by atoms with Crippen LogP contribution in [0.15, 0.2) is 34.1 Å². The van der Waals surface area contributed by atoms with E-state index in [2.05, 4.69) is 21.2 Å². The van der Waals surface area contributed by atoms with Crippen molar-refractivity contribution in [3.63, 3.8) is 0 Å². The number of anilines is 1. The van der Waals surface area contributed by atoms with E-state index in [-0.39, 0.29) is 5.82 Å². The normalized spacial score (nSPS) is 10.4. The smallest absolute Gasteiger partial charge is 0.145 e. The second kappa shape index (κ2) is 6.20. The van der Waals surface area contributed by atoms with E-state index in [0.717, 1.165) is 9.47 Å². The van der Waals surface area contributed by atoms with Crippen LogP contribution >= 0.6 is 27.3 Å². The van der Waals surface area contributed by atoms with Crippen LogP contribution in [0.5, 0.6) is 5.75 Å². The maximum Gasteiger partial charge on any atom is 0.145 e. The van der Waals surface area contributed by atoms with Gasteiger partial charge in [-0.25, -0.2) is 4.39 Å². The maximum atomic E-state index is 13.1. The molecule has 0 saturated carbocycles. The van der Waals surface area contributed by atoms with Crippen LogP contribution in [0.3, 0.4) is 0 Å². The molecule has 1 heterocycles. The van der Waals surface area contributed by atoms with Gasteiger partial charge in [-0.05, 0) is 47.1 Å². The number of rotatable bonds is 5. The van der Waals surface area contributed by atoms with Crippen molar-refractivity contribution < 1.29 is 9.13 Å². The van der Waals surface area contributed by atoms with Gasteiger partial charge in [0, 0.05) is 17.5 Å². The lowest BCUT2D eigenvalue weighted by Crippen LogP contribution is -2.02. The van der Waals surface area contributed by atoms with Gasteiger partial charge in [0.05, 0.1) is 16.1 Å². The summed E-state index contributed by atoms with van der Waals surface area (Å²) >= 11 is 5.09. The third-order valence-corrected chi connectivity index (χ3v) is 3.95. The Morgan fingerprint density at radius 3 is 2.83 bits per heavy atom. The van der Waals surface area contributed by atoms with E-state index < -0.39 is 0 Å². The van der Waals surface area contributed by atoms with Crippen molar-refractivity contribution in [3.8, 4) is 5.75 Å². The fourth-order valence-corrected chi connectivity index (χ4v) is 2.97. The molecule has 1 N–H and O–H groups in total. The van der Waals surface area contributed by atoms with Gasteiger partial charge in [-0.3, -0.25) is 0 Å². The van der Waals surface area contributed by atoms with Crippen molar-refractivity contribution in [2.45, 2.75) is 13.5 Å². The van der Waals surface area contributed by atoms with Gasteiger partial charge in [0.1, 0.15) is 11.6 Å². The lowest BCUT2D eigenvalue weighted by atomic mass is 10.2. The highest BCUT2D eigenvalue weighted by atomic mass is 79.9. The molecule has 0 unspecified atom stereocenters. The monoisotopic (exact) mass is 329 g/mol. The van der Waals surface area contributed by atoms with E-state index in [1.54, 1.807) is 17.4 Å². The molecule has 1 aromatic carbocycles. The quantitative estimate of drug-likeness (QED) is 0.861. The molecule has 5 heteroatoms. The van der Waals surface area contributed by atoms with E-state index in [9.17, 15) is 4.39 Å². The third kappa shape index (κ3) is 3.46. The second-order valence-electron chi connectivity index (χ2n) is 3.63. The molecule has 0 aliphatic carbocycles. The topological polar surface area (TPSA) is 21.3 Å². The van der Waals surface area contributed by atoms with Crippen molar-refractivity contribution in [1.82, 2.24) is 0 Å². The van der Waals surface area contributed by atoms with Crippen LogP contribution in [0, 0.1) is 5.82 Å². The number of halogens is 2. The minimum atomic E-state index is -0.289. The van der Waals surface area contributed by atoms with Crippen molar-refractivity contribution in [3.05, 3.63) is 44.8 Å². The largest absolute Gasteiger partial charge is 0.492 e. The summed E-state index contributed by atoms with van der Waals surface area (Å²) < 4.78 is 19.6. The highest BCUT2D eigenvalue weighted by Gasteiger charge is 2.05. The maximum absolute atomic E-state index is 13.1. The molecule has 0 saturated heterocycles. The predicted molar refractivity (Wildman–Crippen MR) is 76.9 cm³/mol. The molecule has 96 valence electrons. The molecule has 2 aromatic rings. The first-order chi connectivity index (χ1) is 8.69. The Morgan fingerprint density at radius 2 is 2.17 bits per heavy atom. The Kier molecular flexibility index (Phi) is 4.60. The summed E-state index contributed by atoms with van der Waals surface area (Å²) in [5.74, 6) is 0.260. The fraction of sp³-hybridized carbons (Fsp3) is 0.231. The summed E-state index contributed by atoms with van der Waals surface area (Å²) in [6.45, 7) is 3.09. The van der Waals surface area contributed by atoms with Gasteiger partial charge in [0.25, 0.3) is 0 Å². The summed E-state index contributed by atoms with van der Waals surface area (Å²) in [6, 6.07) is 8.58. The number of benzene rings is 1. The van der Waals surface area contributed by atoms with E-state index in [1.165, 1.54) is 17.0 Å². The van der Waals surface area contributed by atoms with Crippen LogP contribution in [-0.2, 0) is 6.54 Å². The number of hydrogen-bond donors (Lipinski definition) is 1. The van der Waals surface area contributed by atoms with Gasteiger partial charge in [0.15, 0.2) is 0 Å². The average molecular weight is 330 g/mol. The molecule has 0 aliphatic rings. The zero-order chi connectivity index (χ0) is 13.0. The third-order valence-electron chi connectivity index (χ3n) is 2.33. The molecule has 0 fully saturated rings. The summed E-state index contributed by atoms with van der Waals surface area (Å²) in [5, 5.41) is 3.25. The van der Waals surface area contributed by atoms with Gasteiger partial charge < -0.3 is 10.1 Å². The second-order valence-corrected chi connectivity index (χ2v) is 6.18. The average Bonchev–Trinajstić information content (AvgIpc) is 2.75.